The van der Waals surface area contributed by atoms with Crippen molar-refractivity contribution in [2.45, 2.75) is 57.9 Å². The number of carbonyl (C=O) groups excluding carboxylic acids is 1. The number of thioether (sulfide) groups is 1. The molecule has 1 aromatic heterocycles. The van der Waals surface area contributed by atoms with Gasteiger partial charge in [-0.3, -0.25) is 14.9 Å². The third kappa shape index (κ3) is 6.51. The van der Waals surface area contributed by atoms with Crippen molar-refractivity contribution < 1.29 is 14.3 Å². The molecule has 0 bridgehead atoms. The van der Waals surface area contributed by atoms with Gasteiger partial charge >= 0.3 is 0 Å². The molecule has 5 nitrogen and oxygen atoms in total. The number of Topliss-reactive ketones (excluding diaryl/α,β-unsaturated/α-hetero) is 1. The maximum absolute atomic E-state index is 12.5. The van der Waals surface area contributed by atoms with Crippen LogP contribution >= 0.6 is 11.8 Å². The molecule has 0 radical (unpaired) electrons. The molecule has 0 fully saturated rings. The summed E-state index contributed by atoms with van der Waals surface area (Å²) in [4.78, 5) is 24.1. The van der Waals surface area contributed by atoms with Gasteiger partial charge in [0, 0.05) is 40.5 Å². The van der Waals surface area contributed by atoms with E-state index in [1.807, 2.05) is 40.9 Å². The van der Waals surface area contributed by atoms with Crippen LogP contribution in [0, 0.1) is 24.0 Å². The van der Waals surface area contributed by atoms with E-state index >= 15 is 0 Å². The number of hydrogen-bond donors (Lipinski definition) is 0. The van der Waals surface area contributed by atoms with Crippen molar-refractivity contribution in [3.8, 4) is 0 Å². The molecule has 0 saturated carbocycles. The van der Waals surface area contributed by atoms with Crippen LogP contribution in [0.15, 0.2) is 65.8 Å². The zero-order valence-electron chi connectivity index (χ0n) is 19.9. The van der Waals surface area contributed by atoms with Gasteiger partial charge < -0.3 is 0 Å². The SMILES string of the molecule is Cc1cc(C(C)(C)C)cc(C)c1SCCc1cc[n+](CC(=O)c2ccc([N+](=O)[O-])cc2)cc1. The lowest BCUT2D eigenvalue weighted by molar-refractivity contribution is -0.683. The molecule has 6 heteroatoms. The van der Waals surface area contributed by atoms with Crippen LogP contribution in [0.3, 0.4) is 0 Å². The Morgan fingerprint density at radius 1 is 1.00 bits per heavy atom. The van der Waals surface area contributed by atoms with Crippen LogP contribution in [0.5, 0.6) is 0 Å². The minimum atomic E-state index is -0.469. The molecule has 0 aliphatic carbocycles. The van der Waals surface area contributed by atoms with Gasteiger partial charge in [0.1, 0.15) is 0 Å². The molecular formula is C27H31N2O3S+. The largest absolute Gasteiger partial charge is 0.287 e. The third-order valence-electron chi connectivity index (χ3n) is 5.65. The molecule has 0 aliphatic rings. The highest BCUT2D eigenvalue weighted by atomic mass is 32.2. The lowest BCUT2D eigenvalue weighted by atomic mass is 9.85. The first-order valence-electron chi connectivity index (χ1n) is 11.0. The number of carbonyl (C=O) groups is 1. The summed E-state index contributed by atoms with van der Waals surface area (Å²) in [5, 5.41) is 10.8. The van der Waals surface area contributed by atoms with Gasteiger partial charge in [-0.05, 0) is 60.1 Å². The smallest absolute Gasteiger partial charge is 0.269 e. The Morgan fingerprint density at radius 3 is 2.09 bits per heavy atom. The summed E-state index contributed by atoms with van der Waals surface area (Å²) >= 11 is 1.89. The Morgan fingerprint density at radius 2 is 1.58 bits per heavy atom. The van der Waals surface area contributed by atoms with Crippen molar-refractivity contribution in [1.29, 1.82) is 0 Å². The molecule has 0 aliphatic heterocycles. The Bertz CT molecular complexity index is 1120. The Balaban J connectivity index is 1.56. The third-order valence-corrected chi connectivity index (χ3v) is 6.99. The first-order chi connectivity index (χ1) is 15.5. The molecule has 33 heavy (non-hydrogen) atoms. The molecule has 3 aromatic rings. The van der Waals surface area contributed by atoms with Crippen molar-refractivity contribution >= 4 is 23.2 Å². The normalized spacial score (nSPS) is 11.4. The van der Waals surface area contributed by atoms with Crippen molar-refractivity contribution in [3.63, 3.8) is 0 Å². The van der Waals surface area contributed by atoms with Gasteiger partial charge in [0.25, 0.3) is 5.69 Å². The van der Waals surface area contributed by atoms with E-state index in [-0.39, 0.29) is 23.4 Å². The quantitative estimate of drug-likeness (QED) is 0.135. The number of nitro groups is 1. The van der Waals surface area contributed by atoms with Crippen LogP contribution in [0.25, 0.3) is 0 Å². The molecule has 1 heterocycles. The highest BCUT2D eigenvalue weighted by molar-refractivity contribution is 7.99. The minimum Gasteiger partial charge on any atom is -0.287 e. The summed E-state index contributed by atoms with van der Waals surface area (Å²) in [5.74, 6) is 0.908. The summed E-state index contributed by atoms with van der Waals surface area (Å²) in [6, 6.07) is 14.4. The zero-order valence-corrected chi connectivity index (χ0v) is 20.7. The number of non-ortho nitro benzene ring substituents is 1. The van der Waals surface area contributed by atoms with E-state index in [0.717, 1.165) is 12.2 Å². The van der Waals surface area contributed by atoms with Crippen molar-refractivity contribution in [2.75, 3.05) is 5.75 Å². The first kappa shape index (κ1) is 24.6. The summed E-state index contributed by atoms with van der Waals surface area (Å²) < 4.78 is 1.83. The summed E-state index contributed by atoms with van der Waals surface area (Å²) in [6.07, 6.45) is 4.78. The lowest BCUT2D eigenvalue weighted by Crippen LogP contribution is -2.37. The van der Waals surface area contributed by atoms with Gasteiger partial charge in [-0.15, -0.1) is 11.8 Å². The van der Waals surface area contributed by atoms with Crippen LogP contribution in [0.1, 0.15) is 53.4 Å². The second-order valence-corrected chi connectivity index (χ2v) is 10.5. The van der Waals surface area contributed by atoms with Crippen molar-refractivity contribution in [1.82, 2.24) is 0 Å². The van der Waals surface area contributed by atoms with E-state index in [4.69, 9.17) is 0 Å². The Labute approximate surface area is 200 Å². The fourth-order valence-electron chi connectivity index (χ4n) is 3.67. The summed E-state index contributed by atoms with van der Waals surface area (Å²) in [7, 11) is 0. The predicted octanol–water partition coefficient (Wildman–Crippen LogP) is 6.01. The Kier molecular flexibility index (Phi) is 7.69. The number of rotatable bonds is 8. The van der Waals surface area contributed by atoms with Gasteiger partial charge in [-0.25, -0.2) is 0 Å². The van der Waals surface area contributed by atoms with Crippen LogP contribution < -0.4 is 4.57 Å². The zero-order chi connectivity index (χ0) is 24.2. The second-order valence-electron chi connectivity index (χ2n) is 9.39. The van der Waals surface area contributed by atoms with E-state index in [2.05, 4.69) is 46.8 Å². The molecule has 2 aromatic carbocycles. The van der Waals surface area contributed by atoms with Gasteiger partial charge in [0.15, 0.2) is 12.4 Å². The molecule has 0 saturated heterocycles. The number of benzene rings is 2. The average molecular weight is 464 g/mol. The summed E-state index contributed by atoms with van der Waals surface area (Å²) in [6.45, 7) is 11.3. The molecular weight excluding hydrogens is 432 g/mol. The highest BCUT2D eigenvalue weighted by Gasteiger charge is 2.17. The topological polar surface area (TPSA) is 64.1 Å². The second kappa shape index (κ2) is 10.3. The van der Waals surface area contributed by atoms with E-state index in [1.165, 1.54) is 51.4 Å². The van der Waals surface area contributed by atoms with E-state index < -0.39 is 4.92 Å². The van der Waals surface area contributed by atoms with Crippen LogP contribution in [-0.2, 0) is 18.4 Å². The van der Waals surface area contributed by atoms with Gasteiger partial charge in [0.05, 0.1) is 4.92 Å². The maximum atomic E-state index is 12.5. The number of aryl methyl sites for hydroxylation is 3. The van der Waals surface area contributed by atoms with Gasteiger partial charge in [-0.1, -0.05) is 32.9 Å². The number of aromatic nitrogens is 1. The van der Waals surface area contributed by atoms with Crippen molar-refractivity contribution in [3.05, 3.63) is 98.9 Å². The van der Waals surface area contributed by atoms with Gasteiger partial charge in [0.2, 0.25) is 12.3 Å². The predicted molar refractivity (Wildman–Crippen MR) is 133 cm³/mol. The number of nitrogens with zero attached hydrogens (tertiary/aromatic N) is 2. The molecule has 3 rings (SSSR count). The van der Waals surface area contributed by atoms with Crippen LogP contribution in [0.4, 0.5) is 5.69 Å². The number of ketones is 1. The summed E-state index contributed by atoms with van der Waals surface area (Å²) in [5.41, 5.74) is 5.87. The standard InChI is InChI=1S/C27H31N2O3S/c1-19-16-23(27(3,4)5)17-20(2)26(19)33-15-12-21-10-13-28(14-11-21)18-25(30)22-6-8-24(9-7-22)29(31)32/h6-11,13-14,16-17H,12,15,18H2,1-5H3/q+1. The highest BCUT2D eigenvalue weighted by Crippen LogP contribution is 2.32. The average Bonchev–Trinajstić information content (AvgIpc) is 2.76. The number of nitro benzene ring substituents is 1. The molecule has 0 N–H and O–H groups in total. The molecule has 0 atom stereocenters. The van der Waals surface area contributed by atoms with E-state index in [0.29, 0.717) is 5.56 Å². The molecule has 0 unspecified atom stereocenters. The van der Waals surface area contributed by atoms with Crippen LogP contribution in [0.2, 0.25) is 0 Å². The van der Waals surface area contributed by atoms with E-state index in [9.17, 15) is 14.9 Å². The maximum Gasteiger partial charge on any atom is 0.269 e. The van der Waals surface area contributed by atoms with E-state index in [1.54, 1.807) is 0 Å². The number of pyridine rings is 1. The monoisotopic (exact) mass is 463 g/mol. The number of hydrogen-bond acceptors (Lipinski definition) is 4. The Hall–Kier alpha value is -2.99. The molecule has 0 amide bonds. The molecule has 172 valence electrons. The van der Waals surface area contributed by atoms with Crippen molar-refractivity contribution in [2.24, 2.45) is 0 Å². The minimum absolute atomic E-state index is 0.0167. The fourth-order valence-corrected chi connectivity index (χ4v) is 4.78. The molecule has 0 spiro atoms. The fraction of sp³-hybridized carbons (Fsp3) is 0.333. The first-order valence-corrected chi connectivity index (χ1v) is 12.0. The lowest BCUT2D eigenvalue weighted by Gasteiger charge is -2.22. The van der Waals surface area contributed by atoms with Gasteiger partial charge in [-0.2, -0.15) is 4.57 Å². The van der Waals surface area contributed by atoms with Crippen LogP contribution in [-0.4, -0.2) is 16.5 Å².